The number of likely N-dealkylation sites (N-methyl/N-ethyl adjacent to an activating group) is 1. The number of nitrogens with one attached hydrogen (secondary N) is 1. The van der Waals surface area contributed by atoms with Crippen LogP contribution in [0.1, 0.15) is 37.6 Å². The highest BCUT2D eigenvalue weighted by molar-refractivity contribution is 7.10. The van der Waals surface area contributed by atoms with Crippen molar-refractivity contribution < 1.29 is 4.79 Å². The lowest BCUT2D eigenvalue weighted by atomic mass is 10.0. The van der Waals surface area contributed by atoms with Gasteiger partial charge in [0.05, 0.1) is 6.54 Å². The Hall–Kier alpha value is -0.870. The Bertz CT molecular complexity index is 385. The van der Waals surface area contributed by atoms with Gasteiger partial charge < -0.3 is 10.2 Å². The molecule has 100 valence electrons. The minimum Gasteiger partial charge on any atom is -0.342 e. The molecule has 1 amide bonds. The zero-order valence-corrected chi connectivity index (χ0v) is 12.2. The first kappa shape index (κ1) is 13.6. The van der Waals surface area contributed by atoms with E-state index in [2.05, 4.69) is 36.7 Å². The second kappa shape index (κ2) is 5.85. The molecule has 1 aromatic heterocycles. The Morgan fingerprint density at radius 1 is 1.56 bits per heavy atom. The molecule has 1 aliphatic carbocycles. The number of hydrogen-bond donors (Lipinski definition) is 1. The van der Waals surface area contributed by atoms with Crippen LogP contribution in [0.2, 0.25) is 0 Å². The van der Waals surface area contributed by atoms with Crippen LogP contribution in [0.25, 0.3) is 0 Å². The van der Waals surface area contributed by atoms with E-state index in [1.807, 2.05) is 11.9 Å². The summed E-state index contributed by atoms with van der Waals surface area (Å²) in [5.41, 5.74) is 0. The summed E-state index contributed by atoms with van der Waals surface area (Å²) in [6.07, 6.45) is 2.33. The quantitative estimate of drug-likeness (QED) is 0.858. The van der Waals surface area contributed by atoms with Crippen LogP contribution in [0.3, 0.4) is 0 Å². The highest BCUT2D eigenvalue weighted by Gasteiger charge is 2.29. The van der Waals surface area contributed by atoms with E-state index in [0.717, 1.165) is 0 Å². The molecule has 0 aliphatic heterocycles. The second-order valence-electron chi connectivity index (χ2n) is 5.35. The molecule has 3 nitrogen and oxygen atoms in total. The first-order chi connectivity index (χ1) is 8.59. The Morgan fingerprint density at radius 3 is 2.78 bits per heavy atom. The Kier molecular flexibility index (Phi) is 4.40. The van der Waals surface area contributed by atoms with Crippen LogP contribution in [0.5, 0.6) is 0 Å². The van der Waals surface area contributed by atoms with Crippen LogP contribution in [-0.4, -0.2) is 30.4 Å². The fourth-order valence-corrected chi connectivity index (χ4v) is 3.09. The van der Waals surface area contributed by atoms with Gasteiger partial charge in [-0.1, -0.05) is 19.9 Å². The van der Waals surface area contributed by atoms with Crippen LogP contribution < -0.4 is 5.32 Å². The van der Waals surface area contributed by atoms with Gasteiger partial charge in [0.15, 0.2) is 0 Å². The van der Waals surface area contributed by atoms with Gasteiger partial charge >= 0.3 is 0 Å². The fraction of sp³-hybridized carbons (Fsp3) is 0.643. The third-order valence-electron chi connectivity index (χ3n) is 3.48. The van der Waals surface area contributed by atoms with Crippen molar-refractivity contribution in [1.82, 2.24) is 10.2 Å². The van der Waals surface area contributed by atoms with E-state index in [1.165, 1.54) is 17.7 Å². The summed E-state index contributed by atoms with van der Waals surface area (Å²) >= 11 is 1.75. The molecule has 1 unspecified atom stereocenters. The number of nitrogens with zero attached hydrogens (tertiary/aromatic N) is 1. The lowest BCUT2D eigenvalue weighted by Gasteiger charge is -2.23. The molecule has 1 N–H and O–H groups in total. The normalized spacial score (nSPS) is 16.9. The third-order valence-corrected chi connectivity index (χ3v) is 4.43. The number of hydrogen-bond acceptors (Lipinski definition) is 3. The molecule has 1 aromatic rings. The lowest BCUT2D eigenvalue weighted by Crippen LogP contribution is -2.39. The Morgan fingerprint density at radius 2 is 2.28 bits per heavy atom. The molecular formula is C14H22N2OS. The molecule has 18 heavy (non-hydrogen) atoms. The highest BCUT2D eigenvalue weighted by Crippen LogP contribution is 2.27. The summed E-state index contributed by atoms with van der Waals surface area (Å²) in [4.78, 5) is 15.2. The number of carbonyl (C=O) groups excluding carboxylic acids is 1. The molecule has 1 saturated carbocycles. The molecule has 4 heteroatoms. The molecule has 2 rings (SSSR count). The maximum absolute atomic E-state index is 12.0. The van der Waals surface area contributed by atoms with Gasteiger partial charge in [-0.3, -0.25) is 4.79 Å². The number of rotatable bonds is 6. The number of thiophene rings is 1. The predicted molar refractivity (Wildman–Crippen MR) is 75.7 cm³/mol. The first-order valence-electron chi connectivity index (χ1n) is 6.62. The van der Waals surface area contributed by atoms with Gasteiger partial charge in [0, 0.05) is 24.0 Å². The average molecular weight is 266 g/mol. The van der Waals surface area contributed by atoms with Crippen molar-refractivity contribution >= 4 is 17.2 Å². The van der Waals surface area contributed by atoms with Crippen LogP contribution >= 0.6 is 11.3 Å². The van der Waals surface area contributed by atoms with Crippen LogP contribution in [0, 0.1) is 5.92 Å². The van der Waals surface area contributed by atoms with Crippen molar-refractivity contribution in [3.05, 3.63) is 22.4 Å². The maximum atomic E-state index is 12.0. The van der Waals surface area contributed by atoms with Gasteiger partial charge in [0.2, 0.25) is 5.91 Å². The highest BCUT2D eigenvalue weighted by atomic mass is 32.1. The van der Waals surface area contributed by atoms with Crippen molar-refractivity contribution in [2.75, 3.05) is 13.6 Å². The van der Waals surface area contributed by atoms with Crippen molar-refractivity contribution in [3.63, 3.8) is 0 Å². The van der Waals surface area contributed by atoms with Gasteiger partial charge in [0.25, 0.3) is 0 Å². The van der Waals surface area contributed by atoms with Crippen molar-refractivity contribution in [2.45, 2.75) is 38.8 Å². The zero-order chi connectivity index (χ0) is 13.1. The van der Waals surface area contributed by atoms with Crippen LogP contribution in [0.15, 0.2) is 17.5 Å². The topological polar surface area (TPSA) is 32.3 Å². The Labute approximate surface area is 113 Å². The smallest absolute Gasteiger partial charge is 0.236 e. The SMILES string of the molecule is CC(C)C(NCC(=O)N(C)C1CC1)c1cccs1. The summed E-state index contributed by atoms with van der Waals surface area (Å²) in [6, 6.07) is 4.98. The predicted octanol–water partition coefficient (Wildman–Crippen LogP) is 2.66. The molecule has 0 saturated heterocycles. The summed E-state index contributed by atoms with van der Waals surface area (Å²) in [5.74, 6) is 0.697. The van der Waals surface area contributed by atoms with Gasteiger partial charge in [0.1, 0.15) is 0 Å². The lowest BCUT2D eigenvalue weighted by molar-refractivity contribution is -0.129. The maximum Gasteiger partial charge on any atom is 0.236 e. The molecular weight excluding hydrogens is 244 g/mol. The molecule has 0 spiro atoms. The van der Waals surface area contributed by atoms with Gasteiger partial charge in [-0.05, 0) is 30.2 Å². The van der Waals surface area contributed by atoms with Crippen molar-refractivity contribution in [3.8, 4) is 0 Å². The summed E-state index contributed by atoms with van der Waals surface area (Å²) in [6.45, 7) is 4.81. The average Bonchev–Trinajstić information content (AvgIpc) is 3.05. The molecule has 0 radical (unpaired) electrons. The first-order valence-corrected chi connectivity index (χ1v) is 7.50. The summed E-state index contributed by atoms with van der Waals surface area (Å²) < 4.78 is 0. The summed E-state index contributed by atoms with van der Waals surface area (Å²) in [5, 5.41) is 5.49. The van der Waals surface area contributed by atoms with E-state index in [1.54, 1.807) is 11.3 Å². The Balaban J connectivity index is 1.88. The van der Waals surface area contributed by atoms with E-state index in [4.69, 9.17) is 0 Å². The van der Waals surface area contributed by atoms with E-state index in [0.29, 0.717) is 18.5 Å². The molecule has 0 aromatic carbocycles. The standard InChI is InChI=1S/C14H22N2OS/c1-10(2)14(12-5-4-8-18-12)15-9-13(17)16(3)11-6-7-11/h4-5,8,10-11,14-15H,6-7,9H2,1-3H3. The third kappa shape index (κ3) is 3.33. The summed E-state index contributed by atoms with van der Waals surface area (Å²) in [7, 11) is 1.91. The van der Waals surface area contributed by atoms with E-state index < -0.39 is 0 Å². The largest absolute Gasteiger partial charge is 0.342 e. The van der Waals surface area contributed by atoms with Gasteiger partial charge in [-0.25, -0.2) is 0 Å². The fourth-order valence-electron chi connectivity index (χ4n) is 2.12. The minimum absolute atomic E-state index is 0.208. The molecule has 1 atom stereocenters. The van der Waals surface area contributed by atoms with Crippen molar-refractivity contribution in [1.29, 1.82) is 0 Å². The van der Waals surface area contributed by atoms with Gasteiger partial charge in [-0.2, -0.15) is 0 Å². The number of carbonyl (C=O) groups is 1. The van der Waals surface area contributed by atoms with Crippen LogP contribution in [0.4, 0.5) is 0 Å². The zero-order valence-electron chi connectivity index (χ0n) is 11.3. The van der Waals surface area contributed by atoms with Gasteiger partial charge in [-0.15, -0.1) is 11.3 Å². The molecule has 1 heterocycles. The van der Waals surface area contributed by atoms with E-state index in [-0.39, 0.29) is 11.9 Å². The molecule has 0 bridgehead atoms. The molecule has 1 aliphatic rings. The monoisotopic (exact) mass is 266 g/mol. The molecule has 1 fully saturated rings. The van der Waals surface area contributed by atoms with Crippen LogP contribution in [-0.2, 0) is 4.79 Å². The minimum atomic E-state index is 0.208. The van der Waals surface area contributed by atoms with Crippen molar-refractivity contribution in [2.24, 2.45) is 5.92 Å². The number of amides is 1. The second-order valence-corrected chi connectivity index (χ2v) is 6.33. The van der Waals surface area contributed by atoms with E-state index in [9.17, 15) is 4.79 Å². The van der Waals surface area contributed by atoms with E-state index >= 15 is 0 Å².